The number of thiazole rings is 1. The molecular weight excluding hydrogens is 292 g/mol. The Morgan fingerprint density at radius 3 is 2.23 bits per heavy atom. The summed E-state index contributed by atoms with van der Waals surface area (Å²) >= 11 is 1.52. The molecule has 3 nitrogen and oxygen atoms in total. The maximum absolute atomic E-state index is 12.0. The minimum Gasteiger partial charge on any atom is -0.281 e. The fourth-order valence-corrected chi connectivity index (χ4v) is 2.90. The summed E-state index contributed by atoms with van der Waals surface area (Å²) in [6.07, 6.45) is 0. The summed E-state index contributed by atoms with van der Waals surface area (Å²) in [4.78, 5) is 18.1. The Morgan fingerprint density at radius 1 is 1.05 bits per heavy atom. The average Bonchev–Trinajstić information content (AvgIpc) is 2.95. The number of carbonyl (C=O) groups is 1. The van der Waals surface area contributed by atoms with E-state index in [2.05, 4.69) is 11.9 Å². The largest absolute Gasteiger partial charge is 0.281 e. The minimum atomic E-state index is -0.0207. The number of rotatable bonds is 3. The number of anilines is 2. The first-order valence-electron chi connectivity index (χ1n) is 6.89. The molecule has 0 aliphatic heterocycles. The van der Waals surface area contributed by atoms with Crippen molar-refractivity contribution in [2.45, 2.75) is 6.92 Å². The van der Waals surface area contributed by atoms with Crippen LogP contribution in [0.3, 0.4) is 0 Å². The van der Waals surface area contributed by atoms with Crippen LogP contribution in [0.2, 0.25) is 0 Å². The fraction of sp³-hybridized carbons (Fsp3) is 0.0556. The molecule has 1 heterocycles. The molecule has 22 heavy (non-hydrogen) atoms. The molecular formula is C18H15N2OS. The standard InChI is InChI=1S/C18H15N2OS/c1-13-19-18(12-22-13)15-8-10-17(11-9-15)20(14(2)21)16-6-4-3-5-7-16/h3-12H,1H2,2H3. The second-order valence-electron chi connectivity index (χ2n) is 4.86. The van der Waals surface area contributed by atoms with Crippen molar-refractivity contribution < 1.29 is 4.79 Å². The lowest BCUT2D eigenvalue weighted by Crippen LogP contribution is -2.22. The summed E-state index contributed by atoms with van der Waals surface area (Å²) in [5.74, 6) is -0.0207. The lowest BCUT2D eigenvalue weighted by molar-refractivity contribution is -0.115. The van der Waals surface area contributed by atoms with Gasteiger partial charge in [0.25, 0.3) is 0 Å². The Labute approximate surface area is 133 Å². The number of para-hydroxylation sites is 1. The van der Waals surface area contributed by atoms with Gasteiger partial charge in [0.1, 0.15) is 0 Å². The predicted molar refractivity (Wildman–Crippen MR) is 91.3 cm³/mol. The van der Waals surface area contributed by atoms with Crippen LogP contribution in [0, 0.1) is 6.92 Å². The van der Waals surface area contributed by atoms with E-state index in [9.17, 15) is 4.79 Å². The Hall–Kier alpha value is -2.46. The molecule has 0 bridgehead atoms. The van der Waals surface area contributed by atoms with E-state index in [1.807, 2.05) is 60.0 Å². The van der Waals surface area contributed by atoms with Crippen LogP contribution >= 0.6 is 11.3 Å². The first-order chi connectivity index (χ1) is 10.6. The van der Waals surface area contributed by atoms with Gasteiger partial charge in [-0.2, -0.15) is 0 Å². The Kier molecular flexibility index (Phi) is 4.02. The third kappa shape index (κ3) is 2.92. The van der Waals surface area contributed by atoms with Gasteiger partial charge in [-0.1, -0.05) is 30.3 Å². The van der Waals surface area contributed by atoms with Gasteiger partial charge in [-0.3, -0.25) is 9.69 Å². The van der Waals surface area contributed by atoms with Crippen LogP contribution in [0.15, 0.2) is 60.0 Å². The van der Waals surface area contributed by atoms with Crippen molar-refractivity contribution in [3.8, 4) is 11.3 Å². The van der Waals surface area contributed by atoms with Crippen LogP contribution in [0.1, 0.15) is 11.9 Å². The summed E-state index contributed by atoms with van der Waals surface area (Å²) in [5, 5.41) is 2.78. The van der Waals surface area contributed by atoms with Gasteiger partial charge < -0.3 is 0 Å². The van der Waals surface area contributed by atoms with Gasteiger partial charge in [0.2, 0.25) is 5.91 Å². The predicted octanol–water partition coefficient (Wildman–Crippen LogP) is 4.68. The molecule has 1 aromatic heterocycles. The number of hydrogen-bond acceptors (Lipinski definition) is 3. The molecule has 4 heteroatoms. The van der Waals surface area contributed by atoms with Crippen LogP contribution in [0.25, 0.3) is 11.3 Å². The van der Waals surface area contributed by atoms with Crippen molar-refractivity contribution in [3.63, 3.8) is 0 Å². The number of nitrogens with zero attached hydrogens (tertiary/aromatic N) is 2. The van der Waals surface area contributed by atoms with Crippen molar-refractivity contribution >= 4 is 28.6 Å². The monoisotopic (exact) mass is 307 g/mol. The van der Waals surface area contributed by atoms with Gasteiger partial charge in [0, 0.05) is 36.2 Å². The quantitative estimate of drug-likeness (QED) is 0.704. The van der Waals surface area contributed by atoms with E-state index in [0.29, 0.717) is 0 Å². The van der Waals surface area contributed by atoms with Crippen LogP contribution in [0.4, 0.5) is 11.4 Å². The van der Waals surface area contributed by atoms with Gasteiger partial charge >= 0.3 is 0 Å². The molecule has 0 N–H and O–H groups in total. The maximum atomic E-state index is 12.0. The molecule has 0 unspecified atom stereocenters. The molecule has 0 saturated carbocycles. The zero-order valence-corrected chi connectivity index (χ0v) is 13.0. The third-order valence-electron chi connectivity index (χ3n) is 3.30. The molecule has 3 aromatic rings. The van der Waals surface area contributed by atoms with E-state index < -0.39 is 0 Å². The highest BCUT2D eigenvalue weighted by Crippen LogP contribution is 2.28. The summed E-state index contributed by atoms with van der Waals surface area (Å²) in [6, 6.07) is 17.4. The molecule has 0 fully saturated rings. The molecule has 2 aromatic carbocycles. The molecule has 0 spiro atoms. The van der Waals surface area contributed by atoms with E-state index in [4.69, 9.17) is 0 Å². The number of carbonyl (C=O) groups excluding carboxylic acids is 1. The summed E-state index contributed by atoms with van der Waals surface area (Å²) < 4.78 is 0. The number of hydrogen-bond donors (Lipinski definition) is 0. The lowest BCUT2D eigenvalue weighted by Gasteiger charge is -2.21. The summed E-state index contributed by atoms with van der Waals surface area (Å²) in [7, 11) is 0. The maximum Gasteiger partial charge on any atom is 0.228 e. The van der Waals surface area contributed by atoms with E-state index >= 15 is 0 Å². The Morgan fingerprint density at radius 2 is 1.68 bits per heavy atom. The topological polar surface area (TPSA) is 33.2 Å². The fourth-order valence-electron chi connectivity index (χ4n) is 2.31. The van der Waals surface area contributed by atoms with Gasteiger partial charge in [-0.25, -0.2) is 4.98 Å². The van der Waals surface area contributed by atoms with Crippen LogP contribution < -0.4 is 4.90 Å². The first kappa shape index (κ1) is 14.5. The Bertz CT molecular complexity index is 778. The van der Waals surface area contributed by atoms with Gasteiger partial charge in [0.15, 0.2) is 0 Å². The van der Waals surface area contributed by atoms with Gasteiger partial charge in [0.05, 0.1) is 10.7 Å². The molecule has 0 saturated heterocycles. The number of benzene rings is 2. The third-order valence-corrected chi connectivity index (χ3v) is 4.01. The van der Waals surface area contributed by atoms with Gasteiger partial charge in [-0.05, 0) is 24.3 Å². The highest BCUT2D eigenvalue weighted by molar-refractivity contribution is 7.10. The molecule has 3 rings (SSSR count). The average molecular weight is 307 g/mol. The normalized spacial score (nSPS) is 10.5. The first-order valence-corrected chi connectivity index (χ1v) is 7.77. The van der Waals surface area contributed by atoms with Crippen molar-refractivity contribution in [2.24, 2.45) is 0 Å². The molecule has 0 aliphatic carbocycles. The number of aromatic nitrogens is 1. The van der Waals surface area contributed by atoms with Crippen LogP contribution in [-0.2, 0) is 4.79 Å². The second-order valence-corrected chi connectivity index (χ2v) is 5.81. The van der Waals surface area contributed by atoms with Gasteiger partial charge in [-0.15, -0.1) is 11.3 Å². The molecule has 1 amide bonds. The van der Waals surface area contributed by atoms with Crippen molar-refractivity contribution in [2.75, 3.05) is 4.90 Å². The summed E-state index contributed by atoms with van der Waals surface area (Å²) in [6.45, 7) is 5.40. The second kappa shape index (κ2) is 6.12. The van der Waals surface area contributed by atoms with Crippen LogP contribution in [0.5, 0.6) is 0 Å². The van der Waals surface area contributed by atoms with E-state index in [1.165, 1.54) is 11.3 Å². The highest BCUT2D eigenvalue weighted by atomic mass is 32.1. The van der Waals surface area contributed by atoms with E-state index in [-0.39, 0.29) is 5.91 Å². The van der Waals surface area contributed by atoms with Crippen molar-refractivity contribution in [1.29, 1.82) is 0 Å². The van der Waals surface area contributed by atoms with E-state index in [1.54, 1.807) is 11.8 Å². The van der Waals surface area contributed by atoms with Crippen molar-refractivity contribution in [3.05, 3.63) is 71.9 Å². The zero-order valence-electron chi connectivity index (χ0n) is 12.2. The highest BCUT2D eigenvalue weighted by Gasteiger charge is 2.13. The van der Waals surface area contributed by atoms with E-state index in [0.717, 1.165) is 27.6 Å². The smallest absolute Gasteiger partial charge is 0.228 e. The lowest BCUT2D eigenvalue weighted by atomic mass is 10.1. The molecule has 0 atom stereocenters. The zero-order chi connectivity index (χ0) is 15.5. The van der Waals surface area contributed by atoms with Crippen molar-refractivity contribution in [1.82, 2.24) is 4.98 Å². The summed E-state index contributed by atoms with van der Waals surface area (Å²) in [5.41, 5.74) is 3.63. The molecule has 109 valence electrons. The van der Waals surface area contributed by atoms with Crippen LogP contribution in [-0.4, -0.2) is 10.9 Å². The minimum absolute atomic E-state index is 0.0207. The molecule has 0 aliphatic rings. The molecule has 1 radical (unpaired) electrons. The number of amides is 1. The Balaban J connectivity index is 1.95. The SMILES string of the molecule is [CH2]c1nc(-c2ccc(N(C(C)=O)c3ccccc3)cc2)cs1.